The van der Waals surface area contributed by atoms with E-state index in [1.165, 1.54) is 24.3 Å². The Morgan fingerprint density at radius 1 is 1.35 bits per heavy atom. The van der Waals surface area contributed by atoms with Crippen LogP contribution >= 0.6 is 24.2 Å². The number of nitrogens with zero attached hydrogens (tertiary/aromatic N) is 1. The zero-order valence-corrected chi connectivity index (χ0v) is 16.4. The zero-order chi connectivity index (χ0) is 18.8. The minimum absolute atomic E-state index is 0. The first-order chi connectivity index (χ1) is 11.8. The summed E-state index contributed by atoms with van der Waals surface area (Å²) in [5, 5.41) is 16.2. The lowest BCUT2D eigenvalue weighted by Crippen LogP contribution is -2.47. The lowest BCUT2D eigenvalue weighted by Gasteiger charge is -2.18. The summed E-state index contributed by atoms with van der Waals surface area (Å²) in [5.41, 5.74) is 5.62. The maximum atomic E-state index is 12.3. The normalized spacial score (nSPS) is 12.4. The fourth-order valence-electron chi connectivity index (χ4n) is 2.05. The van der Waals surface area contributed by atoms with E-state index in [4.69, 9.17) is 5.73 Å². The first kappa shape index (κ1) is 24.2. The number of thioether (sulfide) groups is 1. The smallest absolute Gasteiger partial charge is 0.270 e. The van der Waals surface area contributed by atoms with Gasteiger partial charge in [-0.3, -0.25) is 19.7 Å². The number of nitrogens with two attached hydrogens (primary N) is 1. The van der Waals surface area contributed by atoms with Gasteiger partial charge >= 0.3 is 0 Å². The third-order valence-electron chi connectivity index (χ3n) is 3.45. The summed E-state index contributed by atoms with van der Waals surface area (Å²) in [6, 6.07) is 4.68. The highest BCUT2D eigenvalue weighted by Crippen LogP contribution is 2.13. The number of halogens is 1. The van der Waals surface area contributed by atoms with Crippen LogP contribution in [0.4, 0.5) is 5.69 Å². The first-order valence-corrected chi connectivity index (χ1v) is 9.32. The van der Waals surface area contributed by atoms with Crippen molar-refractivity contribution in [2.45, 2.75) is 31.8 Å². The molecule has 1 rings (SSSR count). The predicted octanol–water partition coefficient (Wildman–Crippen LogP) is 1.72. The molecule has 0 radical (unpaired) electrons. The van der Waals surface area contributed by atoms with Gasteiger partial charge in [0.1, 0.15) is 6.04 Å². The van der Waals surface area contributed by atoms with E-state index in [0.29, 0.717) is 25.1 Å². The number of carbonyl (C=O) groups is 2. The molecular formula is C16H25ClN4O4S. The average Bonchev–Trinajstić information content (AvgIpc) is 2.57. The number of nitrogens with one attached hydrogen (secondary N) is 2. The molecule has 146 valence electrons. The Bertz CT molecular complexity index is 616. The lowest BCUT2D eigenvalue weighted by atomic mass is 10.1. The van der Waals surface area contributed by atoms with Crippen LogP contribution in [0.1, 0.15) is 30.1 Å². The number of rotatable bonds is 10. The molecule has 2 unspecified atom stereocenters. The van der Waals surface area contributed by atoms with Crippen LogP contribution < -0.4 is 16.4 Å². The van der Waals surface area contributed by atoms with Gasteiger partial charge in [0.05, 0.1) is 4.92 Å². The summed E-state index contributed by atoms with van der Waals surface area (Å²) in [5.74, 6) is -0.105. The molecule has 0 aliphatic carbocycles. The second-order valence-electron chi connectivity index (χ2n) is 5.67. The van der Waals surface area contributed by atoms with E-state index >= 15 is 0 Å². The molecule has 0 heterocycles. The first-order valence-electron chi connectivity index (χ1n) is 7.92. The number of nitro groups is 1. The molecule has 0 saturated heterocycles. The summed E-state index contributed by atoms with van der Waals surface area (Å²) in [6.07, 6.45) is 3.01. The fourth-order valence-corrected chi connectivity index (χ4v) is 2.52. The van der Waals surface area contributed by atoms with Crippen LogP contribution in [0.5, 0.6) is 0 Å². The van der Waals surface area contributed by atoms with Gasteiger partial charge in [0.2, 0.25) is 5.91 Å². The van der Waals surface area contributed by atoms with Gasteiger partial charge < -0.3 is 16.4 Å². The van der Waals surface area contributed by atoms with Gasteiger partial charge in [-0.05, 0) is 37.8 Å². The predicted molar refractivity (Wildman–Crippen MR) is 106 cm³/mol. The number of carbonyl (C=O) groups excluding carboxylic acids is 2. The number of hydrogen-bond acceptors (Lipinski definition) is 6. The fraction of sp³-hybridized carbons (Fsp3) is 0.500. The van der Waals surface area contributed by atoms with Gasteiger partial charge in [0, 0.05) is 30.3 Å². The van der Waals surface area contributed by atoms with Crippen LogP contribution in [0.2, 0.25) is 0 Å². The van der Waals surface area contributed by atoms with Crippen LogP contribution in [0, 0.1) is 10.1 Å². The summed E-state index contributed by atoms with van der Waals surface area (Å²) >= 11 is 1.56. The Balaban J connectivity index is 0.00000625. The highest BCUT2D eigenvalue weighted by Gasteiger charge is 2.21. The molecule has 0 bridgehead atoms. The average molecular weight is 405 g/mol. The second-order valence-corrected chi connectivity index (χ2v) is 6.66. The quantitative estimate of drug-likeness (QED) is 0.402. The number of amides is 2. The van der Waals surface area contributed by atoms with Crippen molar-refractivity contribution >= 4 is 41.7 Å². The van der Waals surface area contributed by atoms with Gasteiger partial charge in [-0.1, -0.05) is 6.07 Å². The molecule has 0 spiro atoms. The van der Waals surface area contributed by atoms with Gasteiger partial charge in [-0.15, -0.1) is 12.4 Å². The highest BCUT2D eigenvalue weighted by atomic mass is 35.5. The molecule has 0 saturated carbocycles. The lowest BCUT2D eigenvalue weighted by molar-refractivity contribution is -0.384. The Labute approximate surface area is 163 Å². The summed E-state index contributed by atoms with van der Waals surface area (Å²) in [4.78, 5) is 34.9. The standard InChI is InChI=1S/C16H24N4O4S.ClH/c1-11(17)6-8-18-16(22)14(7-9-25-2)19-15(21)12-4-3-5-13(10-12)20(23)24;/h3-5,10-11,14H,6-9,17H2,1-2H3,(H,18,22)(H,19,21);1H. The Morgan fingerprint density at radius 2 is 2.04 bits per heavy atom. The Hall–Kier alpha value is -1.84. The van der Waals surface area contributed by atoms with Crippen molar-refractivity contribution in [3.05, 3.63) is 39.9 Å². The SMILES string of the molecule is CSCCC(NC(=O)c1cccc([N+](=O)[O-])c1)C(=O)NCCC(C)N.Cl. The minimum atomic E-state index is -0.702. The summed E-state index contributed by atoms with van der Waals surface area (Å²) < 4.78 is 0. The van der Waals surface area contributed by atoms with E-state index in [9.17, 15) is 19.7 Å². The van der Waals surface area contributed by atoms with Gasteiger partial charge in [0.25, 0.3) is 11.6 Å². The van der Waals surface area contributed by atoms with Gasteiger partial charge in [-0.2, -0.15) is 11.8 Å². The van der Waals surface area contributed by atoms with Crippen LogP contribution in [0.3, 0.4) is 0 Å². The Kier molecular flexibility index (Phi) is 11.6. The molecular weight excluding hydrogens is 380 g/mol. The summed E-state index contributed by atoms with van der Waals surface area (Å²) in [7, 11) is 0. The monoisotopic (exact) mass is 404 g/mol. The van der Waals surface area contributed by atoms with Gasteiger partial charge in [0.15, 0.2) is 0 Å². The number of benzene rings is 1. The molecule has 8 nitrogen and oxygen atoms in total. The number of hydrogen-bond donors (Lipinski definition) is 3. The van der Waals surface area contributed by atoms with Crippen LogP contribution in [-0.2, 0) is 4.79 Å². The molecule has 2 atom stereocenters. The van der Waals surface area contributed by atoms with E-state index in [1.807, 2.05) is 13.2 Å². The van der Waals surface area contributed by atoms with Crippen molar-refractivity contribution in [1.29, 1.82) is 0 Å². The number of nitro benzene ring substituents is 1. The molecule has 10 heteroatoms. The van der Waals surface area contributed by atoms with Crippen LogP contribution in [0.15, 0.2) is 24.3 Å². The van der Waals surface area contributed by atoms with Crippen molar-refractivity contribution in [3.8, 4) is 0 Å². The third-order valence-corrected chi connectivity index (χ3v) is 4.09. The zero-order valence-electron chi connectivity index (χ0n) is 14.8. The van der Waals surface area contributed by atoms with Crippen molar-refractivity contribution in [2.75, 3.05) is 18.6 Å². The van der Waals surface area contributed by atoms with Crippen molar-refractivity contribution < 1.29 is 14.5 Å². The minimum Gasteiger partial charge on any atom is -0.354 e. The van der Waals surface area contributed by atoms with Crippen LogP contribution in [0.25, 0.3) is 0 Å². The van der Waals surface area contributed by atoms with Crippen molar-refractivity contribution in [1.82, 2.24) is 10.6 Å². The van der Waals surface area contributed by atoms with E-state index in [-0.39, 0.29) is 35.6 Å². The second kappa shape index (κ2) is 12.5. The molecule has 0 aromatic heterocycles. The molecule has 1 aromatic carbocycles. The third kappa shape index (κ3) is 8.50. The molecule has 4 N–H and O–H groups in total. The molecule has 2 amide bonds. The highest BCUT2D eigenvalue weighted by molar-refractivity contribution is 7.98. The van der Waals surface area contributed by atoms with E-state index in [1.54, 1.807) is 11.8 Å². The van der Waals surface area contributed by atoms with Crippen LogP contribution in [-0.4, -0.2) is 47.4 Å². The molecule has 1 aromatic rings. The molecule has 0 aliphatic heterocycles. The molecule has 0 aliphatic rings. The molecule has 26 heavy (non-hydrogen) atoms. The summed E-state index contributed by atoms with van der Waals surface area (Å²) in [6.45, 7) is 2.28. The maximum Gasteiger partial charge on any atom is 0.270 e. The van der Waals surface area contributed by atoms with E-state index < -0.39 is 16.9 Å². The molecule has 0 fully saturated rings. The Morgan fingerprint density at radius 3 is 2.62 bits per heavy atom. The van der Waals surface area contributed by atoms with Crippen molar-refractivity contribution in [3.63, 3.8) is 0 Å². The van der Waals surface area contributed by atoms with Gasteiger partial charge in [-0.25, -0.2) is 0 Å². The van der Waals surface area contributed by atoms with Crippen molar-refractivity contribution in [2.24, 2.45) is 5.73 Å². The largest absolute Gasteiger partial charge is 0.354 e. The number of non-ortho nitro benzene ring substituents is 1. The topological polar surface area (TPSA) is 127 Å². The van der Waals surface area contributed by atoms with E-state index in [0.717, 1.165) is 0 Å². The van der Waals surface area contributed by atoms with E-state index in [2.05, 4.69) is 10.6 Å². The maximum absolute atomic E-state index is 12.3.